The number of carbonyl (C=O) groups excluding carboxylic acids is 2. The quantitative estimate of drug-likeness (QED) is 0.603. The average molecular weight is 298 g/mol. The van der Waals surface area contributed by atoms with E-state index in [1.807, 2.05) is 0 Å². The predicted molar refractivity (Wildman–Crippen MR) is 75.0 cm³/mol. The van der Waals surface area contributed by atoms with Crippen molar-refractivity contribution in [2.24, 2.45) is 0 Å². The van der Waals surface area contributed by atoms with E-state index >= 15 is 0 Å². The Hall–Kier alpha value is -1.99. The molecular formula is C13H22N4O4. The summed E-state index contributed by atoms with van der Waals surface area (Å²) < 4.78 is 0. The second kappa shape index (κ2) is 7.14. The zero-order valence-corrected chi connectivity index (χ0v) is 12.0. The standard InChI is InChI=1S/C13H22N4O4/c18-11(19)4-2-1-3-5-14-12(20)16-6-7-17-10(9-16)8-15-13(17)21/h10H,1-9H2,(H,14,20)(H,15,21)(H,18,19). The van der Waals surface area contributed by atoms with Gasteiger partial charge in [0.2, 0.25) is 0 Å². The molecule has 4 amide bonds. The Balaban J connectivity index is 1.61. The van der Waals surface area contributed by atoms with E-state index in [4.69, 9.17) is 5.11 Å². The third-order valence-corrected chi connectivity index (χ3v) is 3.86. The predicted octanol–water partition coefficient (Wildman–Crippen LogP) is 0.0504. The third kappa shape index (κ3) is 4.24. The number of carboxylic acid groups (broad SMARTS) is 1. The Morgan fingerprint density at radius 2 is 2.10 bits per heavy atom. The van der Waals surface area contributed by atoms with Crippen LogP contribution in [0, 0.1) is 0 Å². The maximum atomic E-state index is 12.0. The number of rotatable bonds is 6. The minimum absolute atomic E-state index is 0.0431. The molecule has 0 spiro atoms. The average Bonchev–Trinajstić information content (AvgIpc) is 2.83. The van der Waals surface area contributed by atoms with Crippen molar-refractivity contribution in [3.63, 3.8) is 0 Å². The normalized spacial score (nSPS) is 21.0. The monoisotopic (exact) mass is 298 g/mol. The van der Waals surface area contributed by atoms with E-state index in [1.165, 1.54) is 0 Å². The molecule has 0 aliphatic carbocycles. The lowest BCUT2D eigenvalue weighted by Gasteiger charge is -2.36. The Bertz CT molecular complexity index is 415. The summed E-state index contributed by atoms with van der Waals surface area (Å²) in [6.45, 7) is 2.83. The molecule has 118 valence electrons. The summed E-state index contributed by atoms with van der Waals surface area (Å²) in [5, 5.41) is 14.1. The van der Waals surface area contributed by atoms with Crippen LogP contribution in [0.15, 0.2) is 0 Å². The molecule has 2 aliphatic rings. The van der Waals surface area contributed by atoms with E-state index in [1.54, 1.807) is 9.80 Å². The molecule has 3 N–H and O–H groups in total. The molecule has 1 unspecified atom stereocenters. The molecule has 0 radical (unpaired) electrons. The first-order chi connectivity index (χ1) is 10.1. The van der Waals surface area contributed by atoms with Gasteiger partial charge in [0.1, 0.15) is 0 Å². The molecule has 0 aromatic heterocycles. The second-order valence-corrected chi connectivity index (χ2v) is 5.42. The van der Waals surface area contributed by atoms with Gasteiger partial charge in [0.05, 0.1) is 6.04 Å². The van der Waals surface area contributed by atoms with E-state index in [9.17, 15) is 14.4 Å². The number of carbonyl (C=O) groups is 3. The highest BCUT2D eigenvalue weighted by atomic mass is 16.4. The number of amides is 4. The number of hydrogen-bond donors (Lipinski definition) is 3. The molecule has 0 bridgehead atoms. The first-order valence-corrected chi connectivity index (χ1v) is 7.37. The van der Waals surface area contributed by atoms with Crippen molar-refractivity contribution in [1.29, 1.82) is 0 Å². The van der Waals surface area contributed by atoms with Gasteiger partial charge in [-0.25, -0.2) is 9.59 Å². The van der Waals surface area contributed by atoms with Crippen LogP contribution in [0.25, 0.3) is 0 Å². The molecular weight excluding hydrogens is 276 g/mol. The number of nitrogens with zero attached hydrogens (tertiary/aromatic N) is 2. The number of unbranched alkanes of at least 4 members (excludes halogenated alkanes) is 2. The van der Waals surface area contributed by atoms with E-state index < -0.39 is 5.97 Å². The van der Waals surface area contributed by atoms with Crippen LogP contribution in [0.1, 0.15) is 25.7 Å². The fourth-order valence-electron chi connectivity index (χ4n) is 2.67. The van der Waals surface area contributed by atoms with Crippen LogP contribution in [0.5, 0.6) is 0 Å². The van der Waals surface area contributed by atoms with Gasteiger partial charge in [-0.05, 0) is 12.8 Å². The lowest BCUT2D eigenvalue weighted by atomic mass is 10.2. The third-order valence-electron chi connectivity index (χ3n) is 3.86. The second-order valence-electron chi connectivity index (χ2n) is 5.42. The molecule has 21 heavy (non-hydrogen) atoms. The van der Waals surface area contributed by atoms with Gasteiger partial charge in [-0.1, -0.05) is 6.42 Å². The van der Waals surface area contributed by atoms with Crippen molar-refractivity contribution in [2.75, 3.05) is 32.7 Å². The Labute approximate surface area is 123 Å². The number of aliphatic carboxylic acids is 1. The highest BCUT2D eigenvalue weighted by Gasteiger charge is 2.36. The van der Waals surface area contributed by atoms with Gasteiger partial charge in [0.15, 0.2) is 0 Å². The highest BCUT2D eigenvalue weighted by molar-refractivity contribution is 5.78. The Morgan fingerprint density at radius 1 is 1.29 bits per heavy atom. The number of fused-ring (bicyclic) bond motifs is 1. The van der Waals surface area contributed by atoms with Crippen LogP contribution in [-0.4, -0.2) is 71.7 Å². The molecule has 0 aromatic rings. The summed E-state index contributed by atoms with van der Waals surface area (Å²) in [6.07, 6.45) is 2.39. The number of urea groups is 2. The molecule has 8 nitrogen and oxygen atoms in total. The fraction of sp³-hybridized carbons (Fsp3) is 0.769. The Kier molecular flexibility index (Phi) is 5.24. The van der Waals surface area contributed by atoms with Gasteiger partial charge in [-0.3, -0.25) is 4.79 Å². The number of nitrogens with one attached hydrogen (secondary N) is 2. The molecule has 2 fully saturated rings. The fourth-order valence-corrected chi connectivity index (χ4v) is 2.67. The summed E-state index contributed by atoms with van der Waals surface area (Å²) >= 11 is 0. The van der Waals surface area contributed by atoms with E-state index in [0.717, 1.165) is 12.8 Å². The molecule has 8 heteroatoms. The molecule has 2 heterocycles. The molecule has 1 atom stereocenters. The maximum absolute atomic E-state index is 12.0. The highest BCUT2D eigenvalue weighted by Crippen LogP contribution is 2.14. The number of hydrogen-bond acceptors (Lipinski definition) is 3. The van der Waals surface area contributed by atoms with Crippen molar-refractivity contribution >= 4 is 18.0 Å². The van der Waals surface area contributed by atoms with E-state index in [-0.39, 0.29) is 24.5 Å². The van der Waals surface area contributed by atoms with Gasteiger partial charge < -0.3 is 25.5 Å². The zero-order valence-electron chi connectivity index (χ0n) is 12.0. The summed E-state index contributed by atoms with van der Waals surface area (Å²) in [5.41, 5.74) is 0. The van der Waals surface area contributed by atoms with Crippen molar-refractivity contribution in [3.8, 4) is 0 Å². The molecule has 2 rings (SSSR count). The van der Waals surface area contributed by atoms with Crippen molar-refractivity contribution in [2.45, 2.75) is 31.7 Å². The SMILES string of the molecule is O=C(O)CCCCCNC(=O)N1CCN2C(=O)NCC2C1. The van der Waals surface area contributed by atoms with Crippen LogP contribution in [0.2, 0.25) is 0 Å². The summed E-state index contributed by atoms with van der Waals surface area (Å²) in [4.78, 5) is 37.3. The molecule has 0 saturated carbocycles. The summed E-state index contributed by atoms with van der Waals surface area (Å²) in [5.74, 6) is -0.781. The molecule has 2 saturated heterocycles. The lowest BCUT2D eigenvalue weighted by Crippen LogP contribution is -2.56. The van der Waals surface area contributed by atoms with Crippen LogP contribution < -0.4 is 10.6 Å². The minimum Gasteiger partial charge on any atom is -0.481 e. The van der Waals surface area contributed by atoms with E-state index in [0.29, 0.717) is 39.1 Å². The first kappa shape index (κ1) is 15.4. The van der Waals surface area contributed by atoms with Gasteiger partial charge in [0, 0.05) is 39.1 Å². The molecule has 0 aromatic carbocycles. The van der Waals surface area contributed by atoms with Crippen LogP contribution in [0.3, 0.4) is 0 Å². The lowest BCUT2D eigenvalue weighted by molar-refractivity contribution is -0.137. The van der Waals surface area contributed by atoms with Crippen molar-refractivity contribution in [3.05, 3.63) is 0 Å². The molecule has 2 aliphatic heterocycles. The number of carboxylic acids is 1. The van der Waals surface area contributed by atoms with Crippen LogP contribution in [-0.2, 0) is 4.79 Å². The van der Waals surface area contributed by atoms with Crippen molar-refractivity contribution in [1.82, 2.24) is 20.4 Å². The van der Waals surface area contributed by atoms with Gasteiger partial charge >= 0.3 is 18.0 Å². The topological polar surface area (TPSA) is 102 Å². The minimum atomic E-state index is -0.781. The largest absolute Gasteiger partial charge is 0.481 e. The first-order valence-electron chi connectivity index (χ1n) is 7.37. The number of piperazine rings is 1. The summed E-state index contributed by atoms with van der Waals surface area (Å²) in [6, 6.07) is -0.0710. The maximum Gasteiger partial charge on any atom is 0.317 e. The summed E-state index contributed by atoms with van der Waals surface area (Å²) in [7, 11) is 0. The zero-order chi connectivity index (χ0) is 15.2. The van der Waals surface area contributed by atoms with Crippen LogP contribution in [0.4, 0.5) is 9.59 Å². The van der Waals surface area contributed by atoms with Crippen LogP contribution >= 0.6 is 0 Å². The van der Waals surface area contributed by atoms with Gasteiger partial charge in [-0.15, -0.1) is 0 Å². The van der Waals surface area contributed by atoms with Gasteiger partial charge in [-0.2, -0.15) is 0 Å². The van der Waals surface area contributed by atoms with Gasteiger partial charge in [0.25, 0.3) is 0 Å². The van der Waals surface area contributed by atoms with E-state index in [2.05, 4.69) is 10.6 Å². The van der Waals surface area contributed by atoms with Crippen molar-refractivity contribution < 1.29 is 19.5 Å². The smallest absolute Gasteiger partial charge is 0.317 e. The Morgan fingerprint density at radius 3 is 2.86 bits per heavy atom.